The highest BCUT2D eigenvalue weighted by molar-refractivity contribution is 7.98. The van der Waals surface area contributed by atoms with Crippen LogP contribution >= 0.6 is 11.8 Å². The monoisotopic (exact) mass is 463 g/mol. The quantitative estimate of drug-likeness (QED) is 0.574. The Morgan fingerprint density at radius 1 is 1.38 bits per heavy atom. The van der Waals surface area contributed by atoms with Gasteiger partial charge in [-0.2, -0.15) is 11.8 Å². The molecule has 1 amide bonds. The molecule has 9 heteroatoms. The zero-order valence-electron chi connectivity index (χ0n) is 19.0. The summed E-state index contributed by atoms with van der Waals surface area (Å²) in [6.45, 7) is 5.74. The molecule has 1 atom stereocenters. The van der Waals surface area contributed by atoms with Gasteiger partial charge in [-0.25, -0.2) is 9.59 Å². The lowest BCUT2D eigenvalue weighted by Gasteiger charge is -2.33. The first kappa shape index (κ1) is 24.0. The van der Waals surface area contributed by atoms with Crippen LogP contribution < -0.4 is 20.4 Å². The second-order valence-electron chi connectivity index (χ2n) is 8.53. The highest BCUT2D eigenvalue weighted by Crippen LogP contribution is 2.43. The van der Waals surface area contributed by atoms with Crippen molar-refractivity contribution in [3.05, 3.63) is 33.2 Å². The van der Waals surface area contributed by atoms with Crippen molar-refractivity contribution >= 4 is 34.6 Å². The summed E-state index contributed by atoms with van der Waals surface area (Å²) in [5, 5.41) is 12.5. The molecule has 0 spiro atoms. The first-order valence-corrected chi connectivity index (χ1v) is 11.8. The van der Waals surface area contributed by atoms with Crippen molar-refractivity contribution in [3.63, 3.8) is 0 Å². The van der Waals surface area contributed by atoms with Crippen molar-refractivity contribution in [1.82, 2.24) is 5.32 Å². The minimum atomic E-state index is -1.11. The third-order valence-corrected chi connectivity index (χ3v) is 6.38. The molecule has 2 aromatic rings. The van der Waals surface area contributed by atoms with E-state index in [-0.39, 0.29) is 17.6 Å². The molecule has 174 valence electrons. The molecule has 0 aliphatic carbocycles. The van der Waals surface area contributed by atoms with Gasteiger partial charge in [0, 0.05) is 11.6 Å². The molecule has 1 aliphatic rings. The zero-order chi connectivity index (χ0) is 23.6. The normalized spacial score (nSPS) is 15.5. The third-order valence-electron chi connectivity index (χ3n) is 5.74. The number of benzene rings is 1. The molecule has 1 aromatic carbocycles. The summed E-state index contributed by atoms with van der Waals surface area (Å²) >= 11 is 1.50. The average molecular weight is 464 g/mol. The number of ether oxygens (including phenoxy) is 2. The summed E-state index contributed by atoms with van der Waals surface area (Å²) in [7, 11) is 1.52. The maximum atomic E-state index is 12.8. The maximum absolute atomic E-state index is 12.8. The van der Waals surface area contributed by atoms with E-state index >= 15 is 0 Å². The molecular formula is C23H29NO7S. The molecule has 0 bridgehead atoms. The van der Waals surface area contributed by atoms with Gasteiger partial charge in [0.25, 0.3) is 0 Å². The Kier molecular flexibility index (Phi) is 7.07. The molecule has 8 nitrogen and oxygen atoms in total. The molecule has 3 rings (SSSR count). The summed E-state index contributed by atoms with van der Waals surface area (Å²) in [4.78, 5) is 36.9. The van der Waals surface area contributed by atoms with Crippen LogP contribution in [-0.2, 0) is 22.4 Å². The molecule has 0 saturated heterocycles. The number of rotatable bonds is 8. The summed E-state index contributed by atoms with van der Waals surface area (Å²) in [5.74, 6) is 0.0517. The lowest BCUT2D eigenvalue weighted by molar-refractivity contribution is -0.141. The second kappa shape index (κ2) is 9.44. The van der Waals surface area contributed by atoms with Gasteiger partial charge in [-0.05, 0) is 57.6 Å². The Labute approximate surface area is 190 Å². The zero-order valence-corrected chi connectivity index (χ0v) is 19.8. The maximum Gasteiger partial charge on any atom is 0.340 e. The van der Waals surface area contributed by atoms with E-state index < -0.39 is 23.5 Å². The largest absolute Gasteiger partial charge is 0.496 e. The average Bonchev–Trinajstić information content (AvgIpc) is 2.72. The molecule has 2 N–H and O–H groups in total. The Balaban J connectivity index is 2.00. The number of nitrogens with one attached hydrogen (secondary N) is 1. The van der Waals surface area contributed by atoms with Crippen LogP contribution in [0.1, 0.15) is 43.4 Å². The van der Waals surface area contributed by atoms with Gasteiger partial charge in [-0.1, -0.05) is 0 Å². The first-order valence-electron chi connectivity index (χ1n) is 10.4. The minimum absolute atomic E-state index is 0.180. The number of aliphatic carboxylic acids is 1. The van der Waals surface area contributed by atoms with E-state index in [4.69, 9.17) is 13.9 Å². The fourth-order valence-electron chi connectivity index (χ4n) is 3.95. The van der Waals surface area contributed by atoms with Gasteiger partial charge in [-0.3, -0.25) is 4.79 Å². The number of thioether (sulfide) groups is 1. The van der Waals surface area contributed by atoms with E-state index in [0.29, 0.717) is 46.6 Å². The molecule has 32 heavy (non-hydrogen) atoms. The standard InChI is InChI=1S/C23H29NO7S/c1-12-14(10-18(25)24-15(21(26)27)7-9-32-5)22(28)30-20-13-6-8-23(2,3)31-16(13)11-17(29-4)19(12)20/h11,15H,6-10H2,1-5H3,(H,24,25)(H,26,27). The summed E-state index contributed by atoms with van der Waals surface area (Å²) in [6.07, 6.45) is 3.32. The number of carbonyl (C=O) groups excluding carboxylic acids is 1. The minimum Gasteiger partial charge on any atom is -0.496 e. The summed E-state index contributed by atoms with van der Waals surface area (Å²) < 4.78 is 17.3. The van der Waals surface area contributed by atoms with Crippen molar-refractivity contribution in [2.75, 3.05) is 19.1 Å². The van der Waals surface area contributed by atoms with Crippen molar-refractivity contribution in [2.45, 2.75) is 58.1 Å². The smallest absolute Gasteiger partial charge is 0.340 e. The number of carbonyl (C=O) groups is 2. The Bertz CT molecular complexity index is 1110. The number of fused-ring (bicyclic) bond motifs is 3. The number of carboxylic acid groups (broad SMARTS) is 1. The number of methoxy groups -OCH3 is 1. The lowest BCUT2D eigenvalue weighted by atomic mass is 9.91. The van der Waals surface area contributed by atoms with E-state index in [2.05, 4.69) is 5.32 Å². The van der Waals surface area contributed by atoms with Crippen LogP contribution in [0.5, 0.6) is 11.5 Å². The van der Waals surface area contributed by atoms with Crippen LogP contribution in [0.3, 0.4) is 0 Å². The number of aryl methyl sites for hydroxylation is 2. The fraction of sp³-hybridized carbons (Fsp3) is 0.522. The molecule has 1 aromatic heterocycles. The van der Waals surface area contributed by atoms with Crippen molar-refractivity contribution in [1.29, 1.82) is 0 Å². The molecular weight excluding hydrogens is 434 g/mol. The van der Waals surface area contributed by atoms with Crippen LogP contribution in [0.4, 0.5) is 0 Å². The highest BCUT2D eigenvalue weighted by atomic mass is 32.2. The molecule has 2 heterocycles. The number of amides is 1. The summed E-state index contributed by atoms with van der Waals surface area (Å²) in [6, 6.07) is 0.781. The Morgan fingerprint density at radius 3 is 2.72 bits per heavy atom. The highest BCUT2D eigenvalue weighted by Gasteiger charge is 2.31. The second-order valence-corrected chi connectivity index (χ2v) is 9.52. The summed E-state index contributed by atoms with van der Waals surface area (Å²) in [5.41, 5.74) is 1.01. The van der Waals surface area contributed by atoms with Crippen LogP contribution in [0, 0.1) is 6.92 Å². The van der Waals surface area contributed by atoms with Gasteiger partial charge in [0.05, 0.1) is 24.5 Å². The van der Waals surface area contributed by atoms with E-state index in [1.54, 1.807) is 13.0 Å². The SMILES string of the molecule is COc1cc2c(c3oc(=O)c(CC(=O)NC(CCSC)C(=O)O)c(C)c13)CCC(C)(C)O2. The number of hydrogen-bond donors (Lipinski definition) is 2. The van der Waals surface area contributed by atoms with E-state index in [1.807, 2.05) is 20.1 Å². The van der Waals surface area contributed by atoms with E-state index in [1.165, 1.54) is 18.9 Å². The van der Waals surface area contributed by atoms with Crippen LogP contribution in [0.25, 0.3) is 11.0 Å². The van der Waals surface area contributed by atoms with Gasteiger partial charge in [0.2, 0.25) is 5.91 Å². The number of carboxylic acids is 1. The number of hydrogen-bond acceptors (Lipinski definition) is 7. The Morgan fingerprint density at radius 2 is 2.09 bits per heavy atom. The fourth-order valence-corrected chi connectivity index (χ4v) is 4.42. The van der Waals surface area contributed by atoms with Gasteiger partial charge < -0.3 is 24.3 Å². The predicted octanol–water partition coefficient (Wildman–Crippen LogP) is 3.08. The molecule has 0 saturated carbocycles. The molecule has 1 aliphatic heterocycles. The molecule has 0 fully saturated rings. The van der Waals surface area contributed by atoms with Gasteiger partial charge in [0.15, 0.2) is 0 Å². The van der Waals surface area contributed by atoms with Crippen molar-refractivity contribution < 1.29 is 28.6 Å². The Hall–Kier alpha value is -2.68. The van der Waals surface area contributed by atoms with Gasteiger partial charge in [0.1, 0.15) is 28.7 Å². The lowest BCUT2D eigenvalue weighted by Crippen LogP contribution is -2.42. The van der Waals surface area contributed by atoms with Gasteiger partial charge in [-0.15, -0.1) is 0 Å². The van der Waals surface area contributed by atoms with E-state index in [9.17, 15) is 19.5 Å². The third kappa shape index (κ3) is 4.87. The van der Waals surface area contributed by atoms with E-state index in [0.717, 1.165) is 12.0 Å². The first-order chi connectivity index (χ1) is 15.1. The molecule has 0 radical (unpaired) electrons. The predicted molar refractivity (Wildman–Crippen MR) is 123 cm³/mol. The molecule has 1 unspecified atom stereocenters. The topological polar surface area (TPSA) is 115 Å². The van der Waals surface area contributed by atoms with Crippen LogP contribution in [0.15, 0.2) is 15.3 Å². The van der Waals surface area contributed by atoms with Crippen LogP contribution in [0.2, 0.25) is 0 Å². The van der Waals surface area contributed by atoms with Crippen molar-refractivity contribution in [3.8, 4) is 11.5 Å². The van der Waals surface area contributed by atoms with Crippen molar-refractivity contribution in [2.24, 2.45) is 0 Å². The van der Waals surface area contributed by atoms with Gasteiger partial charge >= 0.3 is 11.6 Å². The van der Waals surface area contributed by atoms with Crippen LogP contribution in [-0.4, -0.2) is 47.7 Å².